The highest BCUT2D eigenvalue weighted by molar-refractivity contribution is 5.75. The molecule has 1 rings (SSSR count). The van der Waals surface area contributed by atoms with Crippen LogP contribution in [0.4, 0.5) is 0 Å². The third-order valence-electron chi connectivity index (χ3n) is 3.10. The number of rotatable bonds is 10. The van der Waals surface area contributed by atoms with Crippen molar-refractivity contribution in [1.82, 2.24) is 10.6 Å². The summed E-state index contributed by atoms with van der Waals surface area (Å²) >= 11 is 0. The lowest BCUT2D eigenvalue weighted by Crippen LogP contribution is -2.33. The van der Waals surface area contributed by atoms with Crippen molar-refractivity contribution < 1.29 is 14.3 Å². The van der Waals surface area contributed by atoms with Crippen molar-refractivity contribution in [3.05, 3.63) is 0 Å². The topological polar surface area (TPSA) is 59.6 Å². The highest BCUT2D eigenvalue weighted by Gasteiger charge is 2.12. The van der Waals surface area contributed by atoms with Crippen molar-refractivity contribution in [2.75, 3.05) is 39.5 Å². The lowest BCUT2D eigenvalue weighted by atomic mass is 10.1. The van der Waals surface area contributed by atoms with Crippen LogP contribution in [-0.4, -0.2) is 51.5 Å². The molecule has 0 aliphatic carbocycles. The maximum Gasteiger partial charge on any atom is 0.222 e. The molecule has 0 bridgehead atoms. The lowest BCUT2D eigenvalue weighted by Gasteiger charge is -2.22. The maximum atomic E-state index is 11.4. The predicted molar refractivity (Wildman–Crippen MR) is 75.2 cm³/mol. The monoisotopic (exact) mass is 272 g/mol. The van der Waals surface area contributed by atoms with Crippen LogP contribution in [0, 0.1) is 0 Å². The van der Waals surface area contributed by atoms with Gasteiger partial charge in [-0.2, -0.15) is 0 Å². The van der Waals surface area contributed by atoms with Crippen molar-refractivity contribution in [3.63, 3.8) is 0 Å². The Morgan fingerprint density at radius 2 is 2.05 bits per heavy atom. The summed E-state index contributed by atoms with van der Waals surface area (Å²) in [5.41, 5.74) is 0. The van der Waals surface area contributed by atoms with Crippen molar-refractivity contribution in [2.45, 2.75) is 45.1 Å². The molecule has 0 aromatic rings. The normalized spacial score (nSPS) is 16.5. The fraction of sp³-hybridized carbons (Fsp3) is 0.929. The molecule has 1 amide bonds. The SMILES string of the molecule is CCCOCCC(=O)NCCCOC1CCNCC1. The number of hydrogen-bond donors (Lipinski definition) is 2. The van der Waals surface area contributed by atoms with E-state index in [-0.39, 0.29) is 5.91 Å². The van der Waals surface area contributed by atoms with Gasteiger partial charge in [0.15, 0.2) is 0 Å². The molecule has 0 spiro atoms. The van der Waals surface area contributed by atoms with Gasteiger partial charge in [-0.3, -0.25) is 4.79 Å². The van der Waals surface area contributed by atoms with Crippen LogP contribution in [0.2, 0.25) is 0 Å². The molecule has 1 aliphatic heterocycles. The smallest absolute Gasteiger partial charge is 0.222 e. The molecule has 0 atom stereocenters. The highest BCUT2D eigenvalue weighted by Crippen LogP contribution is 2.06. The summed E-state index contributed by atoms with van der Waals surface area (Å²) in [6.45, 7) is 6.85. The van der Waals surface area contributed by atoms with E-state index in [1.807, 2.05) is 0 Å². The van der Waals surface area contributed by atoms with Crippen LogP contribution < -0.4 is 10.6 Å². The first-order chi connectivity index (χ1) is 9.33. The highest BCUT2D eigenvalue weighted by atomic mass is 16.5. The summed E-state index contributed by atoms with van der Waals surface area (Å²) in [7, 11) is 0. The van der Waals surface area contributed by atoms with Gasteiger partial charge in [0.1, 0.15) is 0 Å². The summed E-state index contributed by atoms with van der Waals surface area (Å²) in [6.07, 6.45) is 4.93. The van der Waals surface area contributed by atoms with Gasteiger partial charge >= 0.3 is 0 Å². The maximum absolute atomic E-state index is 11.4. The molecule has 5 heteroatoms. The lowest BCUT2D eigenvalue weighted by molar-refractivity contribution is -0.122. The quantitative estimate of drug-likeness (QED) is 0.584. The summed E-state index contributed by atoms with van der Waals surface area (Å²) in [5, 5.41) is 6.20. The Morgan fingerprint density at radius 1 is 1.26 bits per heavy atom. The van der Waals surface area contributed by atoms with Gasteiger partial charge in [0.05, 0.1) is 12.7 Å². The molecule has 1 saturated heterocycles. The average Bonchev–Trinajstić information content (AvgIpc) is 2.44. The van der Waals surface area contributed by atoms with Crippen molar-refractivity contribution in [2.24, 2.45) is 0 Å². The fourth-order valence-electron chi connectivity index (χ4n) is 2.01. The van der Waals surface area contributed by atoms with Gasteiger partial charge in [-0.05, 0) is 38.8 Å². The van der Waals surface area contributed by atoms with Gasteiger partial charge in [-0.15, -0.1) is 0 Å². The molecule has 0 unspecified atom stereocenters. The molecule has 0 radical (unpaired) electrons. The third kappa shape index (κ3) is 8.97. The minimum atomic E-state index is 0.0676. The molecule has 19 heavy (non-hydrogen) atoms. The Bertz CT molecular complexity index is 231. The van der Waals surface area contributed by atoms with Gasteiger partial charge in [-0.25, -0.2) is 0 Å². The van der Waals surface area contributed by atoms with E-state index < -0.39 is 0 Å². The molecule has 0 aromatic carbocycles. The van der Waals surface area contributed by atoms with Crippen LogP contribution in [0.1, 0.15) is 39.0 Å². The zero-order chi connectivity index (χ0) is 13.8. The molecule has 1 fully saturated rings. The van der Waals surface area contributed by atoms with Crippen LogP contribution in [0.25, 0.3) is 0 Å². The van der Waals surface area contributed by atoms with Crippen LogP contribution in [0.15, 0.2) is 0 Å². The van der Waals surface area contributed by atoms with Crippen LogP contribution in [0.3, 0.4) is 0 Å². The van der Waals surface area contributed by atoms with Gasteiger partial charge in [0.25, 0.3) is 0 Å². The van der Waals surface area contributed by atoms with E-state index in [2.05, 4.69) is 17.6 Å². The number of amides is 1. The molecule has 112 valence electrons. The van der Waals surface area contributed by atoms with Gasteiger partial charge in [0.2, 0.25) is 5.91 Å². The van der Waals surface area contributed by atoms with E-state index >= 15 is 0 Å². The van der Waals surface area contributed by atoms with E-state index in [4.69, 9.17) is 9.47 Å². The number of piperidine rings is 1. The number of ether oxygens (including phenoxy) is 2. The number of carbonyl (C=O) groups is 1. The first kappa shape index (κ1) is 16.4. The van der Waals surface area contributed by atoms with E-state index in [9.17, 15) is 4.79 Å². The molecule has 5 nitrogen and oxygen atoms in total. The largest absolute Gasteiger partial charge is 0.381 e. The fourth-order valence-corrected chi connectivity index (χ4v) is 2.01. The molecule has 1 aliphatic rings. The Hall–Kier alpha value is -0.650. The molecule has 0 aromatic heterocycles. The predicted octanol–water partition coefficient (Wildman–Crippen LogP) is 1.08. The standard InChI is InChI=1S/C14H28N2O3/c1-2-10-18-12-6-14(17)16-7-3-11-19-13-4-8-15-9-5-13/h13,15H,2-12H2,1H3,(H,16,17). The summed E-state index contributed by atoms with van der Waals surface area (Å²) in [4.78, 5) is 11.4. The van der Waals surface area contributed by atoms with Crippen LogP contribution in [0.5, 0.6) is 0 Å². The molecule has 1 heterocycles. The van der Waals surface area contributed by atoms with Crippen LogP contribution >= 0.6 is 0 Å². The minimum Gasteiger partial charge on any atom is -0.381 e. The number of hydrogen-bond acceptors (Lipinski definition) is 4. The molecule has 2 N–H and O–H groups in total. The minimum absolute atomic E-state index is 0.0676. The number of nitrogens with one attached hydrogen (secondary N) is 2. The zero-order valence-corrected chi connectivity index (χ0v) is 12.1. The van der Waals surface area contributed by atoms with Gasteiger partial charge in [0, 0.05) is 26.2 Å². The zero-order valence-electron chi connectivity index (χ0n) is 12.1. The van der Waals surface area contributed by atoms with Crippen molar-refractivity contribution >= 4 is 5.91 Å². The molecular weight excluding hydrogens is 244 g/mol. The summed E-state index contributed by atoms with van der Waals surface area (Å²) < 4.78 is 11.0. The Balaban J connectivity index is 1.85. The van der Waals surface area contributed by atoms with Crippen molar-refractivity contribution in [3.8, 4) is 0 Å². The molecule has 0 saturated carbocycles. The first-order valence-corrected chi connectivity index (χ1v) is 7.49. The van der Waals surface area contributed by atoms with Crippen molar-refractivity contribution in [1.29, 1.82) is 0 Å². The molecular formula is C14H28N2O3. The summed E-state index contributed by atoms with van der Waals surface area (Å²) in [5.74, 6) is 0.0676. The second-order valence-electron chi connectivity index (χ2n) is 4.89. The summed E-state index contributed by atoms with van der Waals surface area (Å²) in [6, 6.07) is 0. The first-order valence-electron chi connectivity index (χ1n) is 7.49. The number of carbonyl (C=O) groups excluding carboxylic acids is 1. The van der Waals surface area contributed by atoms with E-state index in [1.54, 1.807) is 0 Å². The Morgan fingerprint density at radius 3 is 2.79 bits per heavy atom. The Labute approximate surface area is 116 Å². The van der Waals surface area contributed by atoms with Crippen LogP contribution in [-0.2, 0) is 14.3 Å². The third-order valence-corrected chi connectivity index (χ3v) is 3.10. The van der Waals surface area contributed by atoms with Gasteiger partial charge < -0.3 is 20.1 Å². The van der Waals surface area contributed by atoms with Gasteiger partial charge in [-0.1, -0.05) is 6.92 Å². The Kier molecular flexibility index (Phi) is 9.67. The van der Waals surface area contributed by atoms with E-state index in [0.29, 0.717) is 25.7 Å². The second kappa shape index (κ2) is 11.2. The van der Waals surface area contributed by atoms with E-state index in [1.165, 1.54) is 0 Å². The van der Waals surface area contributed by atoms with E-state index in [0.717, 1.165) is 52.0 Å². The second-order valence-corrected chi connectivity index (χ2v) is 4.89. The average molecular weight is 272 g/mol.